The number of nitrogens with one attached hydrogen (secondary N) is 1. The molecule has 0 aliphatic heterocycles. The molecule has 18 heavy (non-hydrogen) atoms. The number of hydrogen-bond acceptors (Lipinski definition) is 2. The third-order valence-corrected chi connectivity index (χ3v) is 3.26. The second-order valence-electron chi connectivity index (χ2n) is 3.95. The number of halogens is 2. The molecular formula is C12H10Cl2N2O2. The van der Waals surface area contributed by atoms with Crippen molar-refractivity contribution in [2.24, 2.45) is 0 Å². The van der Waals surface area contributed by atoms with Gasteiger partial charge in [-0.05, 0) is 24.6 Å². The van der Waals surface area contributed by atoms with Crippen LogP contribution in [-0.2, 0) is 6.54 Å². The molecule has 2 rings (SSSR count). The van der Waals surface area contributed by atoms with Crippen LogP contribution in [0.3, 0.4) is 0 Å². The summed E-state index contributed by atoms with van der Waals surface area (Å²) in [4.78, 5) is 25.1. The maximum absolute atomic E-state index is 11.6. The van der Waals surface area contributed by atoms with Gasteiger partial charge >= 0.3 is 5.69 Å². The Morgan fingerprint density at radius 1 is 1.22 bits per heavy atom. The normalized spacial score (nSPS) is 10.6. The monoisotopic (exact) mass is 284 g/mol. The molecule has 4 nitrogen and oxygen atoms in total. The predicted molar refractivity (Wildman–Crippen MR) is 71.6 cm³/mol. The first-order valence-corrected chi connectivity index (χ1v) is 5.97. The Morgan fingerprint density at radius 2 is 1.94 bits per heavy atom. The molecule has 0 unspecified atom stereocenters. The third-order valence-electron chi connectivity index (χ3n) is 2.53. The second-order valence-corrected chi connectivity index (χ2v) is 4.76. The fourth-order valence-corrected chi connectivity index (χ4v) is 1.89. The molecular weight excluding hydrogens is 275 g/mol. The zero-order valence-electron chi connectivity index (χ0n) is 9.54. The van der Waals surface area contributed by atoms with Crippen LogP contribution < -0.4 is 11.2 Å². The van der Waals surface area contributed by atoms with Gasteiger partial charge in [-0.1, -0.05) is 29.3 Å². The van der Waals surface area contributed by atoms with E-state index in [1.165, 1.54) is 10.8 Å². The van der Waals surface area contributed by atoms with E-state index >= 15 is 0 Å². The van der Waals surface area contributed by atoms with Crippen molar-refractivity contribution in [1.29, 1.82) is 0 Å². The van der Waals surface area contributed by atoms with E-state index in [9.17, 15) is 9.59 Å². The van der Waals surface area contributed by atoms with Crippen LogP contribution in [0.15, 0.2) is 34.0 Å². The number of aromatic nitrogens is 2. The first-order valence-electron chi connectivity index (χ1n) is 5.21. The molecule has 1 N–H and O–H groups in total. The standard InChI is InChI=1S/C12H10Cl2N2O2/c1-7-5-16(12(18)15-11(7)17)6-8-2-3-9(13)10(14)4-8/h2-5H,6H2,1H3,(H,15,17,18). The zero-order valence-corrected chi connectivity index (χ0v) is 11.0. The van der Waals surface area contributed by atoms with Crippen molar-refractivity contribution >= 4 is 23.2 Å². The van der Waals surface area contributed by atoms with E-state index in [1.54, 1.807) is 25.1 Å². The molecule has 0 bridgehead atoms. The number of rotatable bonds is 2. The summed E-state index contributed by atoms with van der Waals surface area (Å²) in [5.74, 6) is 0. The summed E-state index contributed by atoms with van der Waals surface area (Å²) in [5, 5.41) is 0.897. The van der Waals surface area contributed by atoms with E-state index in [4.69, 9.17) is 23.2 Å². The molecule has 0 radical (unpaired) electrons. The summed E-state index contributed by atoms with van der Waals surface area (Å²) in [5.41, 5.74) is 0.495. The van der Waals surface area contributed by atoms with Crippen molar-refractivity contribution in [1.82, 2.24) is 9.55 Å². The van der Waals surface area contributed by atoms with E-state index in [2.05, 4.69) is 4.98 Å². The van der Waals surface area contributed by atoms with Crippen molar-refractivity contribution in [3.8, 4) is 0 Å². The molecule has 0 aliphatic rings. The minimum Gasteiger partial charge on any atom is -0.296 e. The van der Waals surface area contributed by atoms with E-state index in [0.29, 0.717) is 22.2 Å². The minimum atomic E-state index is -0.448. The summed E-state index contributed by atoms with van der Waals surface area (Å²) in [7, 11) is 0. The van der Waals surface area contributed by atoms with Gasteiger partial charge in [0, 0.05) is 11.8 Å². The number of H-pyrrole nitrogens is 1. The Morgan fingerprint density at radius 3 is 2.61 bits per heavy atom. The van der Waals surface area contributed by atoms with Crippen LogP contribution in [0.2, 0.25) is 10.0 Å². The Labute approximate surface area is 113 Å². The van der Waals surface area contributed by atoms with Crippen molar-refractivity contribution in [3.63, 3.8) is 0 Å². The van der Waals surface area contributed by atoms with Gasteiger partial charge in [0.15, 0.2) is 0 Å². The van der Waals surface area contributed by atoms with Crippen LogP contribution in [-0.4, -0.2) is 9.55 Å². The number of nitrogens with zero attached hydrogens (tertiary/aromatic N) is 1. The van der Waals surface area contributed by atoms with Crippen molar-refractivity contribution in [2.45, 2.75) is 13.5 Å². The maximum Gasteiger partial charge on any atom is 0.328 e. The van der Waals surface area contributed by atoms with E-state index in [1.807, 2.05) is 0 Å². The number of aromatic amines is 1. The van der Waals surface area contributed by atoms with Gasteiger partial charge in [0.2, 0.25) is 0 Å². The van der Waals surface area contributed by atoms with Gasteiger partial charge in [-0.2, -0.15) is 0 Å². The van der Waals surface area contributed by atoms with E-state index < -0.39 is 5.69 Å². The smallest absolute Gasteiger partial charge is 0.296 e. The summed E-state index contributed by atoms with van der Waals surface area (Å²) in [6.45, 7) is 1.97. The first kappa shape index (κ1) is 12.9. The molecule has 0 saturated carbocycles. The van der Waals surface area contributed by atoms with Gasteiger partial charge in [-0.15, -0.1) is 0 Å². The summed E-state index contributed by atoms with van der Waals surface area (Å²) in [6.07, 6.45) is 1.52. The lowest BCUT2D eigenvalue weighted by atomic mass is 10.2. The van der Waals surface area contributed by atoms with Gasteiger partial charge in [-0.3, -0.25) is 14.3 Å². The number of hydrogen-bond donors (Lipinski definition) is 1. The Bertz CT molecular complexity index is 704. The van der Waals surface area contributed by atoms with Gasteiger partial charge < -0.3 is 0 Å². The largest absolute Gasteiger partial charge is 0.328 e. The SMILES string of the molecule is Cc1cn(Cc2ccc(Cl)c(Cl)c2)c(=O)[nH]c1=O. The first-order chi connectivity index (χ1) is 8.47. The highest BCUT2D eigenvalue weighted by molar-refractivity contribution is 6.42. The molecule has 0 spiro atoms. The average molecular weight is 285 g/mol. The molecule has 0 atom stereocenters. The van der Waals surface area contributed by atoms with Crippen LogP contribution in [0.4, 0.5) is 0 Å². The summed E-state index contributed by atoms with van der Waals surface area (Å²) in [6, 6.07) is 5.14. The molecule has 2 aromatic rings. The maximum atomic E-state index is 11.6. The number of aryl methyl sites for hydroxylation is 1. The Kier molecular flexibility index (Phi) is 3.59. The fraction of sp³-hybridized carbons (Fsp3) is 0.167. The van der Waals surface area contributed by atoms with Gasteiger partial charge in [-0.25, -0.2) is 4.79 Å². The van der Waals surface area contributed by atoms with Crippen molar-refractivity contribution in [3.05, 3.63) is 66.4 Å². The fourth-order valence-electron chi connectivity index (χ4n) is 1.57. The second kappa shape index (κ2) is 5.00. The highest BCUT2D eigenvalue weighted by Gasteiger charge is 2.04. The molecule has 0 saturated heterocycles. The molecule has 0 fully saturated rings. The van der Waals surface area contributed by atoms with Crippen LogP contribution >= 0.6 is 23.2 Å². The van der Waals surface area contributed by atoms with Crippen LogP contribution in [0.1, 0.15) is 11.1 Å². The Hall–Kier alpha value is -1.52. The van der Waals surface area contributed by atoms with Crippen molar-refractivity contribution in [2.75, 3.05) is 0 Å². The lowest BCUT2D eigenvalue weighted by Crippen LogP contribution is -2.31. The summed E-state index contributed by atoms with van der Waals surface area (Å²) >= 11 is 11.7. The minimum absolute atomic E-state index is 0.327. The Balaban J connectivity index is 2.40. The summed E-state index contributed by atoms with van der Waals surface area (Å²) < 4.78 is 1.41. The third kappa shape index (κ3) is 2.66. The van der Waals surface area contributed by atoms with Gasteiger partial charge in [0.1, 0.15) is 0 Å². The highest BCUT2D eigenvalue weighted by atomic mass is 35.5. The highest BCUT2D eigenvalue weighted by Crippen LogP contribution is 2.22. The van der Waals surface area contributed by atoms with Crippen molar-refractivity contribution < 1.29 is 0 Å². The van der Waals surface area contributed by atoms with Crippen LogP contribution in [0, 0.1) is 6.92 Å². The quantitative estimate of drug-likeness (QED) is 0.919. The lowest BCUT2D eigenvalue weighted by molar-refractivity contribution is 0.713. The van der Waals surface area contributed by atoms with Crippen LogP contribution in [0.5, 0.6) is 0 Å². The molecule has 1 aromatic carbocycles. The predicted octanol–water partition coefficient (Wildman–Crippen LogP) is 2.20. The number of benzene rings is 1. The topological polar surface area (TPSA) is 54.9 Å². The molecule has 1 heterocycles. The molecule has 94 valence electrons. The van der Waals surface area contributed by atoms with E-state index in [0.717, 1.165) is 5.56 Å². The molecule has 0 amide bonds. The molecule has 0 aliphatic carbocycles. The van der Waals surface area contributed by atoms with E-state index in [-0.39, 0.29) is 5.56 Å². The van der Waals surface area contributed by atoms with Gasteiger partial charge in [0.05, 0.1) is 16.6 Å². The lowest BCUT2D eigenvalue weighted by Gasteiger charge is -2.07. The van der Waals surface area contributed by atoms with Crippen LogP contribution in [0.25, 0.3) is 0 Å². The zero-order chi connectivity index (χ0) is 13.3. The molecule has 1 aromatic heterocycles. The molecule has 6 heteroatoms. The average Bonchev–Trinajstić information content (AvgIpc) is 2.31. The van der Waals surface area contributed by atoms with Gasteiger partial charge in [0.25, 0.3) is 5.56 Å².